The number of nitrogens with zero attached hydrogens (tertiary/aromatic N) is 1. The van der Waals surface area contributed by atoms with Crippen molar-refractivity contribution < 1.29 is 4.79 Å². The Hall–Kier alpha value is -0.0200. The van der Waals surface area contributed by atoms with Gasteiger partial charge >= 0.3 is 0 Å². The predicted molar refractivity (Wildman–Crippen MR) is 81.4 cm³/mol. The number of Topliss-reactive ketones (excluding diaryl/α,β-unsaturated/α-hetero) is 1. The molecule has 0 aliphatic carbocycles. The fourth-order valence-corrected chi connectivity index (χ4v) is 3.70. The lowest BCUT2D eigenvalue weighted by Gasteiger charge is -2.30. The normalized spacial score (nSPS) is 21.1. The molecular formula is C15H29NOS. The number of carbonyl (C=O) groups is 1. The smallest absolute Gasteiger partial charge is 0.150 e. The van der Waals surface area contributed by atoms with Crippen LogP contribution in [-0.4, -0.2) is 41.8 Å². The van der Waals surface area contributed by atoms with Gasteiger partial charge in [0.05, 0.1) is 6.04 Å². The molecule has 0 saturated carbocycles. The van der Waals surface area contributed by atoms with Crippen molar-refractivity contribution in [2.24, 2.45) is 0 Å². The molecule has 1 saturated heterocycles. The fourth-order valence-electron chi connectivity index (χ4n) is 2.45. The van der Waals surface area contributed by atoms with E-state index in [1.54, 1.807) is 0 Å². The average Bonchev–Trinajstić information content (AvgIpc) is 2.38. The molecule has 0 amide bonds. The molecule has 0 bridgehead atoms. The average molecular weight is 271 g/mol. The molecule has 106 valence electrons. The van der Waals surface area contributed by atoms with Crippen LogP contribution in [0.25, 0.3) is 0 Å². The van der Waals surface area contributed by atoms with Crippen molar-refractivity contribution in [3.63, 3.8) is 0 Å². The quantitative estimate of drug-likeness (QED) is 0.596. The highest BCUT2D eigenvalue weighted by atomic mass is 32.2. The zero-order valence-corrected chi connectivity index (χ0v) is 12.9. The van der Waals surface area contributed by atoms with Crippen molar-refractivity contribution >= 4 is 17.5 Å². The first-order chi connectivity index (χ1) is 8.75. The van der Waals surface area contributed by atoms with Gasteiger partial charge in [0, 0.05) is 24.5 Å². The lowest BCUT2D eigenvalue weighted by Crippen LogP contribution is -2.44. The van der Waals surface area contributed by atoms with E-state index in [1.807, 2.05) is 11.8 Å². The summed E-state index contributed by atoms with van der Waals surface area (Å²) in [5.74, 6) is 2.65. The minimum atomic E-state index is 0.198. The van der Waals surface area contributed by atoms with Crippen LogP contribution in [0.5, 0.6) is 0 Å². The predicted octanol–water partition coefficient (Wildman–Crippen LogP) is 3.74. The number of likely N-dealkylation sites (N-methyl/N-ethyl adjacent to an activating group) is 1. The molecule has 1 aliphatic heterocycles. The Morgan fingerprint density at radius 1 is 1.17 bits per heavy atom. The Morgan fingerprint density at radius 3 is 2.50 bits per heavy atom. The first kappa shape index (κ1) is 16.0. The van der Waals surface area contributed by atoms with Gasteiger partial charge < -0.3 is 0 Å². The van der Waals surface area contributed by atoms with Crippen LogP contribution in [-0.2, 0) is 4.79 Å². The second-order valence-corrected chi connectivity index (χ2v) is 6.56. The van der Waals surface area contributed by atoms with E-state index < -0.39 is 0 Å². The number of thioether (sulfide) groups is 1. The summed E-state index contributed by atoms with van der Waals surface area (Å²) in [4.78, 5) is 14.3. The van der Waals surface area contributed by atoms with E-state index in [0.717, 1.165) is 25.1 Å². The van der Waals surface area contributed by atoms with Gasteiger partial charge in [-0.15, -0.1) is 0 Å². The number of ketones is 1. The van der Waals surface area contributed by atoms with Crippen LogP contribution in [0.1, 0.15) is 58.3 Å². The Morgan fingerprint density at radius 2 is 1.83 bits per heavy atom. The molecule has 1 unspecified atom stereocenters. The van der Waals surface area contributed by atoms with Crippen molar-refractivity contribution in [3.05, 3.63) is 0 Å². The van der Waals surface area contributed by atoms with E-state index in [2.05, 4.69) is 18.9 Å². The van der Waals surface area contributed by atoms with Gasteiger partial charge in [-0.2, -0.15) is 11.8 Å². The maximum Gasteiger partial charge on any atom is 0.150 e. The van der Waals surface area contributed by atoms with Crippen molar-refractivity contribution in [2.45, 2.75) is 64.3 Å². The standard InChI is InChI=1S/C15H29NOS/c1-3-4-5-6-7-8-9-10-15(17)14-13-18-12-11-16(14)2/h14H,3-13H2,1-2H3. The highest BCUT2D eigenvalue weighted by molar-refractivity contribution is 7.99. The van der Waals surface area contributed by atoms with Crippen LogP contribution in [0, 0.1) is 0 Å². The molecule has 0 spiro atoms. The summed E-state index contributed by atoms with van der Waals surface area (Å²) in [6, 6.07) is 0.198. The van der Waals surface area contributed by atoms with Crippen molar-refractivity contribution in [1.29, 1.82) is 0 Å². The van der Waals surface area contributed by atoms with Crippen molar-refractivity contribution in [3.8, 4) is 0 Å². The Kier molecular flexibility index (Phi) is 8.78. The maximum atomic E-state index is 12.1. The van der Waals surface area contributed by atoms with Crippen LogP contribution in [0.15, 0.2) is 0 Å². The van der Waals surface area contributed by atoms with Gasteiger partial charge in [0.2, 0.25) is 0 Å². The molecule has 1 heterocycles. The summed E-state index contributed by atoms with van der Waals surface area (Å²) in [7, 11) is 2.09. The molecule has 0 radical (unpaired) electrons. The highest BCUT2D eigenvalue weighted by Gasteiger charge is 2.25. The Labute approximate surface area is 117 Å². The Bertz CT molecular complexity index is 233. The van der Waals surface area contributed by atoms with Gasteiger partial charge in [-0.05, 0) is 13.5 Å². The topological polar surface area (TPSA) is 20.3 Å². The van der Waals surface area contributed by atoms with Crippen LogP contribution >= 0.6 is 11.8 Å². The first-order valence-electron chi connectivity index (χ1n) is 7.56. The zero-order chi connectivity index (χ0) is 13.2. The van der Waals surface area contributed by atoms with E-state index in [-0.39, 0.29) is 6.04 Å². The van der Waals surface area contributed by atoms with Gasteiger partial charge in [-0.1, -0.05) is 45.4 Å². The number of unbranched alkanes of at least 4 members (excludes halogenated alkanes) is 6. The molecule has 0 N–H and O–H groups in total. The van der Waals surface area contributed by atoms with Gasteiger partial charge in [0.25, 0.3) is 0 Å². The van der Waals surface area contributed by atoms with Gasteiger partial charge in [-0.3, -0.25) is 9.69 Å². The Balaban J connectivity index is 2.02. The molecular weight excluding hydrogens is 242 g/mol. The number of carbonyl (C=O) groups excluding carboxylic acids is 1. The summed E-state index contributed by atoms with van der Waals surface area (Å²) in [6.45, 7) is 3.31. The third-order valence-corrected chi connectivity index (χ3v) is 4.82. The third kappa shape index (κ3) is 6.24. The molecule has 2 nitrogen and oxygen atoms in total. The summed E-state index contributed by atoms with van der Waals surface area (Å²) < 4.78 is 0. The van der Waals surface area contributed by atoms with E-state index in [0.29, 0.717) is 5.78 Å². The second kappa shape index (κ2) is 9.85. The summed E-state index contributed by atoms with van der Waals surface area (Å²) in [5.41, 5.74) is 0. The zero-order valence-electron chi connectivity index (χ0n) is 12.1. The van der Waals surface area contributed by atoms with Gasteiger partial charge in [-0.25, -0.2) is 0 Å². The monoisotopic (exact) mass is 271 g/mol. The first-order valence-corrected chi connectivity index (χ1v) is 8.72. The molecule has 1 atom stereocenters. The second-order valence-electron chi connectivity index (χ2n) is 5.41. The SMILES string of the molecule is CCCCCCCCCC(=O)C1CSCCN1C. The van der Waals surface area contributed by atoms with E-state index >= 15 is 0 Å². The van der Waals surface area contributed by atoms with E-state index in [4.69, 9.17) is 0 Å². The van der Waals surface area contributed by atoms with Crippen molar-refractivity contribution in [1.82, 2.24) is 4.90 Å². The van der Waals surface area contributed by atoms with Gasteiger partial charge in [0.1, 0.15) is 0 Å². The summed E-state index contributed by atoms with van der Waals surface area (Å²) >= 11 is 1.93. The molecule has 0 aromatic rings. The largest absolute Gasteiger partial charge is 0.298 e. The van der Waals surface area contributed by atoms with Crippen molar-refractivity contribution in [2.75, 3.05) is 25.1 Å². The lowest BCUT2D eigenvalue weighted by atomic mass is 10.0. The molecule has 1 aliphatic rings. The third-order valence-electron chi connectivity index (χ3n) is 3.79. The minimum absolute atomic E-state index is 0.198. The number of rotatable bonds is 9. The summed E-state index contributed by atoms with van der Waals surface area (Å²) in [6.07, 6.45) is 9.83. The van der Waals surface area contributed by atoms with Crippen LogP contribution in [0.3, 0.4) is 0 Å². The fraction of sp³-hybridized carbons (Fsp3) is 0.933. The van der Waals surface area contributed by atoms with E-state index in [1.165, 1.54) is 44.3 Å². The maximum absolute atomic E-state index is 12.1. The van der Waals surface area contributed by atoms with Crippen LogP contribution in [0.4, 0.5) is 0 Å². The van der Waals surface area contributed by atoms with Crippen LogP contribution in [0.2, 0.25) is 0 Å². The minimum Gasteiger partial charge on any atom is -0.298 e. The molecule has 1 fully saturated rings. The lowest BCUT2D eigenvalue weighted by molar-refractivity contribution is -0.123. The molecule has 3 heteroatoms. The molecule has 0 aromatic carbocycles. The molecule has 1 rings (SSSR count). The van der Waals surface area contributed by atoms with Gasteiger partial charge in [0.15, 0.2) is 5.78 Å². The number of hydrogen-bond acceptors (Lipinski definition) is 3. The number of hydrogen-bond donors (Lipinski definition) is 0. The van der Waals surface area contributed by atoms with Crippen LogP contribution < -0.4 is 0 Å². The molecule has 0 aromatic heterocycles. The highest BCUT2D eigenvalue weighted by Crippen LogP contribution is 2.18. The summed E-state index contributed by atoms with van der Waals surface area (Å²) in [5, 5.41) is 0. The molecule has 18 heavy (non-hydrogen) atoms. The van der Waals surface area contributed by atoms with E-state index in [9.17, 15) is 4.79 Å².